The van der Waals surface area contributed by atoms with Crippen LogP contribution in [0.2, 0.25) is 0 Å². The quantitative estimate of drug-likeness (QED) is 0.0766. The number of hydrogen-bond acceptors (Lipinski definition) is 15. The van der Waals surface area contributed by atoms with E-state index in [2.05, 4.69) is 12.2 Å². The van der Waals surface area contributed by atoms with Gasteiger partial charge in [-0.2, -0.15) is 0 Å². The van der Waals surface area contributed by atoms with Gasteiger partial charge in [-0.3, -0.25) is 0 Å². The van der Waals surface area contributed by atoms with Crippen molar-refractivity contribution in [2.75, 3.05) is 164 Å². The maximum atomic E-state index is 12.1. The van der Waals surface area contributed by atoms with Crippen LogP contribution in [-0.4, -0.2) is 171 Å². The second-order valence-corrected chi connectivity index (χ2v) is 11.8. The first kappa shape index (κ1) is 47.2. The molecule has 0 bridgehead atoms. The zero-order valence-electron chi connectivity index (χ0n) is 32.1. The average Bonchev–Trinajstić information content (AvgIpc) is 3.18. The number of esters is 1. The third-order valence-corrected chi connectivity index (χ3v) is 7.46. The molecule has 1 aromatic rings. The SMILES string of the molecule is CCCCNc1ccc(C(=O)OCCOCCOCCOCCOCCOCCOCCOCCOCCOCCOCCOC2CCCCO2)cc1. The monoisotopic (exact) mass is 761 g/mol. The van der Waals surface area contributed by atoms with E-state index in [-0.39, 0.29) is 18.9 Å². The van der Waals surface area contributed by atoms with Crippen LogP contribution in [-0.2, 0) is 61.6 Å². The van der Waals surface area contributed by atoms with E-state index in [1.54, 1.807) is 12.1 Å². The number of carbonyl (C=O) groups excluding carboxylic acids is 1. The summed E-state index contributed by atoms with van der Waals surface area (Å²) in [6.45, 7) is 14.3. The van der Waals surface area contributed by atoms with Gasteiger partial charge in [-0.15, -0.1) is 0 Å². The molecule has 0 amide bonds. The number of unbranched alkanes of at least 4 members (excludes halogenated alkanes) is 1. The third kappa shape index (κ3) is 30.0. The van der Waals surface area contributed by atoms with E-state index in [4.69, 9.17) is 61.6 Å². The summed E-state index contributed by atoms with van der Waals surface area (Å²) in [5, 5.41) is 3.32. The van der Waals surface area contributed by atoms with E-state index in [0.717, 1.165) is 50.9 Å². The largest absolute Gasteiger partial charge is 0.460 e. The van der Waals surface area contributed by atoms with Gasteiger partial charge in [-0.1, -0.05) is 13.3 Å². The maximum absolute atomic E-state index is 12.1. The van der Waals surface area contributed by atoms with Crippen LogP contribution in [0, 0.1) is 0 Å². The minimum Gasteiger partial charge on any atom is -0.460 e. The second kappa shape index (κ2) is 37.0. The fraction of sp³-hybridized carbons (Fsp3) is 0.816. The lowest BCUT2D eigenvalue weighted by Crippen LogP contribution is -2.24. The molecule has 53 heavy (non-hydrogen) atoms. The van der Waals surface area contributed by atoms with E-state index < -0.39 is 0 Å². The van der Waals surface area contributed by atoms with Crippen LogP contribution >= 0.6 is 0 Å². The van der Waals surface area contributed by atoms with Crippen LogP contribution in [0.15, 0.2) is 24.3 Å². The van der Waals surface area contributed by atoms with Gasteiger partial charge >= 0.3 is 5.97 Å². The summed E-state index contributed by atoms with van der Waals surface area (Å²) in [5.74, 6) is -0.361. The number of ether oxygens (including phenoxy) is 13. The van der Waals surface area contributed by atoms with Crippen LogP contribution in [0.5, 0.6) is 0 Å². The minimum atomic E-state index is -0.361. The van der Waals surface area contributed by atoms with E-state index >= 15 is 0 Å². The number of hydrogen-bond donors (Lipinski definition) is 1. The molecule has 308 valence electrons. The highest BCUT2D eigenvalue weighted by Gasteiger charge is 2.13. The Balaban J connectivity index is 1.16. The Morgan fingerprint density at radius 1 is 0.566 bits per heavy atom. The molecule has 1 fully saturated rings. The standard InChI is InChI=1S/C38H67NO14/c1-2-3-11-39-36-9-7-35(8-10-36)38(40)53-34-32-50-30-28-48-26-24-46-22-20-44-18-16-42-14-13-41-15-17-43-19-21-45-23-25-47-27-29-49-31-33-52-37-6-4-5-12-51-37/h7-10,37,39H,2-6,11-34H2,1H3. The summed E-state index contributed by atoms with van der Waals surface area (Å²) in [6, 6.07) is 7.29. The molecule has 0 aromatic heterocycles. The summed E-state index contributed by atoms with van der Waals surface area (Å²) in [5.41, 5.74) is 1.51. The Hall–Kier alpha value is -1.99. The molecule has 1 unspecified atom stereocenters. The fourth-order valence-electron chi connectivity index (χ4n) is 4.57. The lowest BCUT2D eigenvalue weighted by atomic mass is 10.2. The zero-order valence-corrected chi connectivity index (χ0v) is 32.1. The molecule has 15 heteroatoms. The molecular formula is C38H67NO14. The number of benzene rings is 1. The normalized spacial score (nSPS) is 14.5. The molecule has 0 radical (unpaired) electrons. The molecule has 0 spiro atoms. The number of anilines is 1. The Labute approximate surface area is 316 Å². The van der Waals surface area contributed by atoms with Crippen molar-refractivity contribution in [2.45, 2.75) is 45.3 Å². The van der Waals surface area contributed by atoms with Crippen LogP contribution < -0.4 is 5.32 Å². The molecular weight excluding hydrogens is 694 g/mol. The molecule has 15 nitrogen and oxygen atoms in total. The first-order valence-corrected chi connectivity index (χ1v) is 19.3. The lowest BCUT2D eigenvalue weighted by Gasteiger charge is -2.22. The van der Waals surface area contributed by atoms with Crippen molar-refractivity contribution >= 4 is 11.7 Å². The maximum Gasteiger partial charge on any atom is 0.338 e. The van der Waals surface area contributed by atoms with Gasteiger partial charge < -0.3 is 66.9 Å². The molecule has 0 saturated carbocycles. The van der Waals surface area contributed by atoms with Crippen molar-refractivity contribution in [1.29, 1.82) is 0 Å². The predicted octanol–water partition coefficient (Wildman–Crippen LogP) is 3.76. The Bertz CT molecular complexity index is 923. The molecule has 1 saturated heterocycles. The van der Waals surface area contributed by atoms with E-state index in [9.17, 15) is 4.79 Å². The number of nitrogens with one attached hydrogen (secondary N) is 1. The van der Waals surface area contributed by atoms with Crippen molar-refractivity contribution in [3.63, 3.8) is 0 Å². The van der Waals surface area contributed by atoms with Crippen molar-refractivity contribution in [2.24, 2.45) is 0 Å². The molecule has 1 aromatic carbocycles. The van der Waals surface area contributed by atoms with Gasteiger partial charge in [0.1, 0.15) is 6.61 Å². The second-order valence-electron chi connectivity index (χ2n) is 11.8. The molecule has 2 rings (SSSR count). The van der Waals surface area contributed by atoms with Gasteiger partial charge in [-0.25, -0.2) is 4.79 Å². The topological polar surface area (TPSA) is 149 Å². The highest BCUT2D eigenvalue weighted by atomic mass is 16.7. The van der Waals surface area contributed by atoms with E-state index in [0.29, 0.717) is 144 Å². The first-order valence-electron chi connectivity index (χ1n) is 19.3. The van der Waals surface area contributed by atoms with Gasteiger partial charge in [0, 0.05) is 18.8 Å². The molecule has 1 aliphatic heterocycles. The van der Waals surface area contributed by atoms with Gasteiger partial charge in [0.05, 0.1) is 144 Å². The first-order chi connectivity index (χ1) is 26.3. The Morgan fingerprint density at radius 2 is 0.962 bits per heavy atom. The van der Waals surface area contributed by atoms with Gasteiger partial charge in [-0.05, 0) is 49.9 Å². The van der Waals surface area contributed by atoms with Crippen LogP contribution in [0.25, 0.3) is 0 Å². The predicted molar refractivity (Wildman–Crippen MR) is 198 cm³/mol. The van der Waals surface area contributed by atoms with E-state index in [1.165, 1.54) is 0 Å². The highest BCUT2D eigenvalue weighted by Crippen LogP contribution is 2.13. The zero-order chi connectivity index (χ0) is 37.5. The van der Waals surface area contributed by atoms with Crippen molar-refractivity contribution in [3.8, 4) is 0 Å². The van der Waals surface area contributed by atoms with Gasteiger partial charge in [0.2, 0.25) is 0 Å². The van der Waals surface area contributed by atoms with E-state index in [1.807, 2.05) is 12.1 Å². The average molecular weight is 762 g/mol. The minimum absolute atomic E-state index is 0.0708. The molecule has 1 atom stereocenters. The molecule has 1 aliphatic rings. The van der Waals surface area contributed by atoms with Crippen LogP contribution in [0.1, 0.15) is 49.4 Å². The summed E-state index contributed by atoms with van der Waals surface area (Å²) >= 11 is 0. The van der Waals surface area contributed by atoms with Gasteiger partial charge in [0.15, 0.2) is 6.29 Å². The summed E-state index contributed by atoms with van der Waals surface area (Å²) in [4.78, 5) is 12.1. The van der Waals surface area contributed by atoms with Crippen LogP contribution in [0.4, 0.5) is 5.69 Å². The van der Waals surface area contributed by atoms with Crippen molar-refractivity contribution in [3.05, 3.63) is 29.8 Å². The number of carbonyl (C=O) groups is 1. The van der Waals surface area contributed by atoms with Gasteiger partial charge in [0.25, 0.3) is 0 Å². The third-order valence-electron chi connectivity index (χ3n) is 7.46. The summed E-state index contributed by atoms with van der Waals surface area (Å²) in [7, 11) is 0. The highest BCUT2D eigenvalue weighted by molar-refractivity contribution is 5.89. The molecule has 0 aliphatic carbocycles. The summed E-state index contributed by atoms with van der Waals surface area (Å²) in [6.07, 6.45) is 5.42. The van der Waals surface area contributed by atoms with Crippen molar-refractivity contribution in [1.82, 2.24) is 0 Å². The lowest BCUT2D eigenvalue weighted by molar-refractivity contribution is -0.169. The molecule has 1 heterocycles. The number of rotatable bonds is 39. The van der Waals surface area contributed by atoms with Crippen molar-refractivity contribution < 1.29 is 66.4 Å². The smallest absolute Gasteiger partial charge is 0.338 e. The Kier molecular flexibility index (Phi) is 32.9. The molecule has 1 N–H and O–H groups in total. The Morgan fingerprint density at radius 3 is 1.34 bits per heavy atom. The fourth-order valence-corrected chi connectivity index (χ4v) is 4.57. The van der Waals surface area contributed by atoms with Crippen LogP contribution in [0.3, 0.4) is 0 Å². The summed E-state index contributed by atoms with van der Waals surface area (Å²) < 4.78 is 71.3.